The van der Waals surface area contributed by atoms with Gasteiger partial charge >= 0.3 is 0 Å². The van der Waals surface area contributed by atoms with Crippen LogP contribution in [-0.2, 0) is 16.0 Å². The molecular formula is C31H32ClN5O2. The molecule has 5 rings (SSSR count). The quantitative estimate of drug-likeness (QED) is 0.299. The molecular weight excluding hydrogens is 510 g/mol. The van der Waals surface area contributed by atoms with Crippen LogP contribution in [-0.4, -0.2) is 32.6 Å². The second-order valence-electron chi connectivity index (χ2n) is 10.8. The molecule has 1 fully saturated rings. The number of rotatable bonds is 9. The van der Waals surface area contributed by atoms with E-state index in [2.05, 4.69) is 30.2 Å². The molecule has 0 aliphatic heterocycles. The molecule has 200 valence electrons. The molecule has 1 aliphatic rings. The van der Waals surface area contributed by atoms with Crippen molar-refractivity contribution in [3.05, 3.63) is 101 Å². The second kappa shape index (κ2) is 11.0. The fourth-order valence-electron chi connectivity index (χ4n) is 5.53. The first-order valence-corrected chi connectivity index (χ1v) is 13.5. The van der Waals surface area contributed by atoms with E-state index in [-0.39, 0.29) is 23.2 Å². The summed E-state index contributed by atoms with van der Waals surface area (Å²) in [6.07, 6.45) is 5.06. The fraction of sp³-hybridized carbons (Fsp3) is 0.290. The average molecular weight is 542 g/mol. The molecule has 0 bridgehead atoms. The van der Waals surface area contributed by atoms with Gasteiger partial charge in [-0.05, 0) is 59.7 Å². The van der Waals surface area contributed by atoms with Crippen molar-refractivity contribution in [1.29, 1.82) is 0 Å². The van der Waals surface area contributed by atoms with Gasteiger partial charge in [-0.1, -0.05) is 61.8 Å². The van der Waals surface area contributed by atoms with E-state index in [4.69, 9.17) is 22.4 Å². The van der Waals surface area contributed by atoms with Crippen molar-refractivity contribution in [3.63, 3.8) is 0 Å². The third-order valence-corrected chi connectivity index (χ3v) is 8.20. The van der Waals surface area contributed by atoms with Crippen molar-refractivity contribution in [1.82, 2.24) is 20.1 Å². The first kappa shape index (κ1) is 26.6. The van der Waals surface area contributed by atoms with Crippen LogP contribution in [0, 0.1) is 11.3 Å². The number of carbonyl (C=O) groups is 2. The highest BCUT2D eigenvalue weighted by Crippen LogP contribution is 2.58. The molecule has 2 heterocycles. The maximum Gasteiger partial charge on any atom is 0.240 e. The fourth-order valence-corrected chi connectivity index (χ4v) is 5.71. The van der Waals surface area contributed by atoms with Crippen molar-refractivity contribution in [3.8, 4) is 16.9 Å². The second-order valence-corrected chi connectivity index (χ2v) is 11.2. The van der Waals surface area contributed by atoms with Crippen LogP contribution in [0.1, 0.15) is 43.9 Å². The molecule has 0 unspecified atom stereocenters. The Morgan fingerprint density at radius 1 is 1.10 bits per heavy atom. The van der Waals surface area contributed by atoms with Gasteiger partial charge in [-0.2, -0.15) is 5.10 Å². The highest BCUT2D eigenvalue weighted by Gasteiger charge is 2.50. The molecule has 0 saturated heterocycles. The third-order valence-electron chi connectivity index (χ3n) is 7.97. The molecule has 7 nitrogen and oxygen atoms in total. The Kier molecular flexibility index (Phi) is 7.53. The Morgan fingerprint density at radius 2 is 1.90 bits per heavy atom. The standard InChI is InChI=1S/C31H32ClN5O2/c1-31(2)22(16-29(38)35-27(30(33)39)14-20-8-4-3-5-9-20)15-25(31)28-18-26(21-10-7-13-34-19-21)36-37(28)24-12-6-11-23(32)17-24/h3-13,17-19,22,25,27H,14-16H2,1-2H3,(H2,33,39)(H,35,38)/t22-,25-,27+/m1/s1. The van der Waals surface area contributed by atoms with Crippen LogP contribution in [0.5, 0.6) is 0 Å². The van der Waals surface area contributed by atoms with Crippen LogP contribution in [0.3, 0.4) is 0 Å². The van der Waals surface area contributed by atoms with Gasteiger partial charge in [-0.3, -0.25) is 14.6 Å². The molecule has 1 aliphatic carbocycles. The molecule has 39 heavy (non-hydrogen) atoms. The average Bonchev–Trinajstić information content (AvgIpc) is 3.36. The van der Waals surface area contributed by atoms with Gasteiger partial charge < -0.3 is 11.1 Å². The number of hydrogen-bond donors (Lipinski definition) is 2. The summed E-state index contributed by atoms with van der Waals surface area (Å²) in [6.45, 7) is 4.38. The van der Waals surface area contributed by atoms with Gasteiger partial charge in [0.15, 0.2) is 0 Å². The zero-order valence-electron chi connectivity index (χ0n) is 22.0. The first-order chi connectivity index (χ1) is 18.7. The number of primary amides is 1. The minimum atomic E-state index is -0.745. The van der Waals surface area contributed by atoms with Gasteiger partial charge in [0.25, 0.3) is 0 Å². The Balaban J connectivity index is 1.34. The van der Waals surface area contributed by atoms with Crippen LogP contribution in [0.15, 0.2) is 85.2 Å². The predicted molar refractivity (Wildman–Crippen MR) is 152 cm³/mol. The smallest absolute Gasteiger partial charge is 0.240 e. The lowest BCUT2D eigenvalue weighted by molar-refractivity contribution is -0.130. The zero-order valence-corrected chi connectivity index (χ0v) is 22.8. The number of nitrogens with one attached hydrogen (secondary N) is 1. The number of halogens is 1. The van der Waals surface area contributed by atoms with E-state index in [1.165, 1.54) is 0 Å². The van der Waals surface area contributed by atoms with E-state index in [9.17, 15) is 9.59 Å². The van der Waals surface area contributed by atoms with Crippen LogP contribution in [0.25, 0.3) is 16.9 Å². The molecule has 3 atom stereocenters. The monoisotopic (exact) mass is 541 g/mol. The largest absolute Gasteiger partial charge is 0.368 e. The third kappa shape index (κ3) is 5.73. The number of hydrogen-bond acceptors (Lipinski definition) is 4. The Morgan fingerprint density at radius 3 is 2.56 bits per heavy atom. The van der Waals surface area contributed by atoms with Crippen LogP contribution in [0.4, 0.5) is 0 Å². The van der Waals surface area contributed by atoms with Gasteiger partial charge in [0.1, 0.15) is 6.04 Å². The number of nitrogens with zero attached hydrogens (tertiary/aromatic N) is 3. The van der Waals surface area contributed by atoms with Gasteiger partial charge in [-0.15, -0.1) is 0 Å². The maximum atomic E-state index is 13.0. The highest BCUT2D eigenvalue weighted by atomic mass is 35.5. The lowest BCUT2D eigenvalue weighted by Gasteiger charge is -2.52. The molecule has 4 aromatic rings. The van der Waals surface area contributed by atoms with E-state index in [0.29, 0.717) is 17.9 Å². The van der Waals surface area contributed by atoms with Crippen LogP contribution in [0.2, 0.25) is 5.02 Å². The van der Waals surface area contributed by atoms with E-state index in [1.807, 2.05) is 71.4 Å². The van der Waals surface area contributed by atoms with Crippen molar-refractivity contribution in [2.45, 2.75) is 45.1 Å². The number of nitrogens with two attached hydrogens (primary N) is 1. The van der Waals surface area contributed by atoms with Gasteiger partial charge in [0.05, 0.1) is 11.4 Å². The summed E-state index contributed by atoms with van der Waals surface area (Å²) in [5, 5.41) is 8.44. The van der Waals surface area contributed by atoms with Crippen LogP contribution < -0.4 is 11.1 Å². The maximum absolute atomic E-state index is 13.0. The SMILES string of the molecule is CC1(C)[C@@H](CC(=O)N[C@@H](Cc2ccccc2)C(N)=O)C[C@@H]1c1cc(-c2cccnc2)nn1-c1cccc(Cl)c1. The Labute approximate surface area is 233 Å². The molecule has 8 heteroatoms. The van der Waals surface area contributed by atoms with Crippen molar-refractivity contribution >= 4 is 23.4 Å². The normalized spacial score (nSPS) is 18.6. The molecule has 1 saturated carbocycles. The summed E-state index contributed by atoms with van der Waals surface area (Å²) in [7, 11) is 0. The molecule has 3 N–H and O–H groups in total. The van der Waals surface area contributed by atoms with Crippen molar-refractivity contribution < 1.29 is 9.59 Å². The van der Waals surface area contributed by atoms with E-state index in [0.717, 1.165) is 34.6 Å². The minimum Gasteiger partial charge on any atom is -0.368 e. The molecule has 2 aromatic carbocycles. The number of amides is 2. The first-order valence-electron chi connectivity index (χ1n) is 13.1. The van der Waals surface area contributed by atoms with Gasteiger partial charge in [-0.25, -0.2) is 4.68 Å². The summed E-state index contributed by atoms with van der Waals surface area (Å²) in [5.74, 6) is -0.391. The summed E-state index contributed by atoms with van der Waals surface area (Å²) >= 11 is 6.32. The Bertz CT molecular complexity index is 1470. The van der Waals surface area contributed by atoms with Crippen LogP contribution >= 0.6 is 11.6 Å². The molecule has 0 radical (unpaired) electrons. The molecule has 0 spiro atoms. The summed E-state index contributed by atoms with van der Waals surface area (Å²) < 4.78 is 1.96. The zero-order chi connectivity index (χ0) is 27.6. The summed E-state index contributed by atoms with van der Waals surface area (Å²) in [5.41, 5.74) is 10.1. The highest BCUT2D eigenvalue weighted by molar-refractivity contribution is 6.30. The molecule has 2 aromatic heterocycles. The van der Waals surface area contributed by atoms with E-state index >= 15 is 0 Å². The number of aromatic nitrogens is 3. The minimum absolute atomic E-state index is 0.136. The molecule has 2 amide bonds. The number of pyridine rings is 1. The number of benzene rings is 2. The van der Waals surface area contributed by atoms with Crippen molar-refractivity contribution in [2.24, 2.45) is 17.1 Å². The van der Waals surface area contributed by atoms with Gasteiger partial charge in [0, 0.05) is 47.4 Å². The Hall–Kier alpha value is -3.97. The summed E-state index contributed by atoms with van der Waals surface area (Å²) in [6, 6.07) is 22.5. The van der Waals surface area contributed by atoms with E-state index in [1.54, 1.807) is 12.4 Å². The van der Waals surface area contributed by atoms with Crippen molar-refractivity contribution in [2.75, 3.05) is 0 Å². The number of carbonyl (C=O) groups excluding carboxylic acids is 2. The topological polar surface area (TPSA) is 103 Å². The predicted octanol–water partition coefficient (Wildman–Crippen LogP) is 5.32. The van der Waals surface area contributed by atoms with E-state index < -0.39 is 11.9 Å². The lowest BCUT2D eigenvalue weighted by atomic mass is 9.52. The summed E-state index contributed by atoms with van der Waals surface area (Å²) in [4.78, 5) is 29.4. The lowest BCUT2D eigenvalue weighted by Crippen LogP contribution is -2.49. The van der Waals surface area contributed by atoms with Gasteiger partial charge in [0.2, 0.25) is 11.8 Å².